The van der Waals surface area contributed by atoms with Crippen LogP contribution in [0.1, 0.15) is 41.6 Å². The minimum Gasteiger partial charge on any atom is -0.381 e. The number of carbonyl (C=O) groups excluding carboxylic acids is 1. The summed E-state index contributed by atoms with van der Waals surface area (Å²) in [6, 6.07) is 1.33. The highest BCUT2D eigenvalue weighted by molar-refractivity contribution is 5.83. The van der Waals surface area contributed by atoms with E-state index in [4.69, 9.17) is 4.74 Å². The van der Waals surface area contributed by atoms with Crippen LogP contribution in [0.15, 0.2) is 12.3 Å². The van der Waals surface area contributed by atoms with Gasteiger partial charge in [0, 0.05) is 31.5 Å². The van der Waals surface area contributed by atoms with E-state index in [1.807, 2.05) is 4.90 Å². The predicted octanol–water partition coefficient (Wildman–Crippen LogP) is 3.06. The highest BCUT2D eigenvalue weighted by Gasteiger charge is 2.38. The summed E-state index contributed by atoms with van der Waals surface area (Å²) in [5.74, 6) is 0.373. The summed E-state index contributed by atoms with van der Waals surface area (Å²) in [7, 11) is 0. The molecule has 0 amide bonds. The van der Waals surface area contributed by atoms with Crippen molar-refractivity contribution >= 4 is 12.1 Å². The molecule has 1 aliphatic carbocycles. The molecule has 22 heavy (non-hydrogen) atoms. The fourth-order valence-electron chi connectivity index (χ4n) is 2.89. The van der Waals surface area contributed by atoms with Crippen molar-refractivity contribution < 1.29 is 22.7 Å². The third-order valence-corrected chi connectivity index (χ3v) is 4.12. The summed E-state index contributed by atoms with van der Waals surface area (Å²) in [5.41, 5.74) is -0.880. The van der Waals surface area contributed by atoms with Crippen molar-refractivity contribution in [1.29, 1.82) is 0 Å². The van der Waals surface area contributed by atoms with E-state index in [9.17, 15) is 18.0 Å². The molecule has 2 heterocycles. The summed E-state index contributed by atoms with van der Waals surface area (Å²) in [6.45, 7) is 1.26. The van der Waals surface area contributed by atoms with Crippen LogP contribution >= 0.6 is 0 Å². The molecule has 0 bridgehead atoms. The largest absolute Gasteiger partial charge is 0.417 e. The molecule has 0 unspecified atom stereocenters. The van der Waals surface area contributed by atoms with Crippen LogP contribution in [0.25, 0.3) is 0 Å². The van der Waals surface area contributed by atoms with Gasteiger partial charge in [-0.2, -0.15) is 13.2 Å². The number of halogens is 3. The molecule has 1 aliphatic heterocycles. The van der Waals surface area contributed by atoms with Crippen LogP contribution in [-0.2, 0) is 10.9 Å². The van der Waals surface area contributed by atoms with Crippen LogP contribution in [0.2, 0.25) is 0 Å². The third-order valence-electron chi connectivity index (χ3n) is 4.12. The van der Waals surface area contributed by atoms with Crippen molar-refractivity contribution in [2.24, 2.45) is 0 Å². The Morgan fingerprint density at radius 1 is 1.18 bits per heavy atom. The molecule has 1 saturated carbocycles. The topological polar surface area (TPSA) is 42.4 Å². The second-order valence-electron chi connectivity index (χ2n) is 5.73. The molecule has 2 fully saturated rings. The van der Waals surface area contributed by atoms with Gasteiger partial charge in [-0.05, 0) is 31.7 Å². The summed E-state index contributed by atoms with van der Waals surface area (Å²) in [6.07, 6.45) is 0.363. The average Bonchev–Trinajstić information content (AvgIpc) is 3.32. The lowest BCUT2D eigenvalue weighted by atomic mass is 10.1. The maximum atomic E-state index is 12.8. The maximum absolute atomic E-state index is 12.8. The Hall–Kier alpha value is -1.63. The number of nitrogens with zero attached hydrogens (tertiary/aromatic N) is 2. The molecule has 1 aromatic heterocycles. The van der Waals surface area contributed by atoms with Crippen molar-refractivity contribution in [3.05, 3.63) is 23.4 Å². The van der Waals surface area contributed by atoms with E-state index in [2.05, 4.69) is 4.98 Å². The Balaban J connectivity index is 1.95. The van der Waals surface area contributed by atoms with E-state index < -0.39 is 11.7 Å². The number of anilines is 1. The Morgan fingerprint density at radius 3 is 2.36 bits per heavy atom. The van der Waals surface area contributed by atoms with E-state index in [-0.39, 0.29) is 17.6 Å². The summed E-state index contributed by atoms with van der Waals surface area (Å²) >= 11 is 0. The zero-order valence-corrected chi connectivity index (χ0v) is 12.0. The molecule has 0 N–H and O–H groups in total. The molecule has 7 heteroatoms. The Morgan fingerprint density at radius 2 is 1.82 bits per heavy atom. The van der Waals surface area contributed by atoms with Crippen molar-refractivity contribution in [2.75, 3.05) is 18.1 Å². The van der Waals surface area contributed by atoms with Crippen LogP contribution < -0.4 is 4.90 Å². The van der Waals surface area contributed by atoms with E-state index in [0.717, 1.165) is 37.9 Å². The minimum atomic E-state index is -4.49. The number of alkyl halides is 3. The minimum absolute atomic E-state index is 0.00761. The van der Waals surface area contributed by atoms with Gasteiger partial charge in [0.05, 0.1) is 11.1 Å². The molecule has 0 radical (unpaired) electrons. The molecule has 120 valence electrons. The number of ether oxygens (including phenoxy) is 1. The summed E-state index contributed by atoms with van der Waals surface area (Å²) in [5, 5.41) is 0. The molecule has 0 spiro atoms. The molecule has 0 aromatic carbocycles. The SMILES string of the molecule is O=Cc1cc(C(F)(F)F)cnc1N(C1CCOCC1)C1CC1. The van der Waals surface area contributed by atoms with Gasteiger partial charge in [-0.1, -0.05) is 0 Å². The molecule has 3 rings (SSSR count). The van der Waals surface area contributed by atoms with E-state index in [0.29, 0.717) is 25.3 Å². The number of hydrogen-bond donors (Lipinski definition) is 0. The van der Waals surface area contributed by atoms with Gasteiger partial charge in [-0.3, -0.25) is 4.79 Å². The predicted molar refractivity (Wildman–Crippen MR) is 74.0 cm³/mol. The van der Waals surface area contributed by atoms with Gasteiger partial charge in [0.15, 0.2) is 6.29 Å². The van der Waals surface area contributed by atoms with Crippen LogP contribution in [0.5, 0.6) is 0 Å². The van der Waals surface area contributed by atoms with Crippen LogP contribution in [-0.4, -0.2) is 36.6 Å². The van der Waals surface area contributed by atoms with E-state index in [1.165, 1.54) is 0 Å². The van der Waals surface area contributed by atoms with Gasteiger partial charge in [-0.25, -0.2) is 4.98 Å². The lowest BCUT2D eigenvalue weighted by Crippen LogP contribution is -2.42. The van der Waals surface area contributed by atoms with Crippen molar-refractivity contribution in [1.82, 2.24) is 4.98 Å². The van der Waals surface area contributed by atoms with Gasteiger partial charge in [0.1, 0.15) is 5.82 Å². The lowest BCUT2D eigenvalue weighted by Gasteiger charge is -2.36. The Bertz CT molecular complexity index is 552. The Kier molecular flexibility index (Phi) is 4.08. The maximum Gasteiger partial charge on any atom is 0.417 e. The van der Waals surface area contributed by atoms with Gasteiger partial charge >= 0.3 is 6.18 Å². The molecular weight excluding hydrogens is 297 g/mol. The number of aromatic nitrogens is 1. The van der Waals surface area contributed by atoms with Gasteiger partial charge < -0.3 is 9.64 Å². The first-order valence-electron chi connectivity index (χ1n) is 7.39. The monoisotopic (exact) mass is 314 g/mol. The molecule has 1 saturated heterocycles. The normalized spacial score (nSPS) is 20.0. The molecular formula is C15H17F3N2O2. The van der Waals surface area contributed by atoms with Gasteiger partial charge in [0.2, 0.25) is 0 Å². The first kappa shape index (κ1) is 15.3. The van der Waals surface area contributed by atoms with Crippen molar-refractivity contribution in [2.45, 2.75) is 43.9 Å². The lowest BCUT2D eigenvalue weighted by molar-refractivity contribution is -0.137. The summed E-state index contributed by atoms with van der Waals surface area (Å²) < 4.78 is 43.7. The first-order chi connectivity index (χ1) is 10.5. The van der Waals surface area contributed by atoms with Crippen LogP contribution in [0.4, 0.5) is 19.0 Å². The van der Waals surface area contributed by atoms with Crippen LogP contribution in [0.3, 0.4) is 0 Å². The van der Waals surface area contributed by atoms with Crippen LogP contribution in [0, 0.1) is 0 Å². The highest BCUT2D eigenvalue weighted by Crippen LogP contribution is 2.38. The number of rotatable bonds is 4. The smallest absolute Gasteiger partial charge is 0.381 e. The summed E-state index contributed by atoms with van der Waals surface area (Å²) in [4.78, 5) is 17.3. The molecule has 4 nitrogen and oxygen atoms in total. The molecule has 1 aromatic rings. The first-order valence-corrected chi connectivity index (χ1v) is 7.39. The zero-order chi connectivity index (χ0) is 15.7. The number of aldehydes is 1. The zero-order valence-electron chi connectivity index (χ0n) is 12.0. The third kappa shape index (κ3) is 3.09. The number of pyridine rings is 1. The molecule has 2 aliphatic rings. The van der Waals surface area contributed by atoms with Crippen molar-refractivity contribution in [3.8, 4) is 0 Å². The standard InChI is InChI=1S/C15H17F3N2O2/c16-15(17,18)11-7-10(9-21)14(19-8-11)20(12-1-2-12)13-3-5-22-6-4-13/h7-9,12-13H,1-6H2. The van der Waals surface area contributed by atoms with E-state index in [1.54, 1.807) is 0 Å². The van der Waals surface area contributed by atoms with E-state index >= 15 is 0 Å². The average molecular weight is 314 g/mol. The molecule has 0 atom stereocenters. The second-order valence-corrected chi connectivity index (χ2v) is 5.73. The fourth-order valence-corrected chi connectivity index (χ4v) is 2.89. The number of carbonyl (C=O) groups is 1. The second kappa shape index (κ2) is 5.87. The van der Waals surface area contributed by atoms with Gasteiger partial charge in [0.25, 0.3) is 0 Å². The van der Waals surface area contributed by atoms with Gasteiger partial charge in [-0.15, -0.1) is 0 Å². The fraction of sp³-hybridized carbons (Fsp3) is 0.600. The number of hydrogen-bond acceptors (Lipinski definition) is 4. The quantitative estimate of drug-likeness (QED) is 0.801. The highest BCUT2D eigenvalue weighted by atomic mass is 19.4. The Labute approximate surface area is 126 Å². The van der Waals surface area contributed by atoms with Crippen molar-refractivity contribution in [3.63, 3.8) is 0 Å².